The van der Waals surface area contributed by atoms with E-state index in [1.807, 2.05) is 0 Å². The fourth-order valence-electron chi connectivity index (χ4n) is 1.42. The molecule has 0 aliphatic rings. The van der Waals surface area contributed by atoms with Gasteiger partial charge < -0.3 is 21.1 Å². The van der Waals surface area contributed by atoms with Gasteiger partial charge in [0.25, 0.3) is 0 Å². The second-order valence-corrected chi connectivity index (χ2v) is 4.08. The molecule has 1 atom stereocenters. The van der Waals surface area contributed by atoms with Gasteiger partial charge in [-0.25, -0.2) is 0 Å². The first kappa shape index (κ1) is 14.9. The SMILES string of the molecule is CCCCNCC(N)CCCCB(O)O. The van der Waals surface area contributed by atoms with E-state index in [1.165, 1.54) is 12.8 Å². The van der Waals surface area contributed by atoms with Gasteiger partial charge in [-0.3, -0.25) is 0 Å². The molecule has 0 radical (unpaired) electrons. The monoisotopic (exact) mass is 216 g/mol. The van der Waals surface area contributed by atoms with E-state index in [1.54, 1.807) is 0 Å². The van der Waals surface area contributed by atoms with E-state index < -0.39 is 7.12 Å². The van der Waals surface area contributed by atoms with Crippen molar-refractivity contribution in [2.24, 2.45) is 5.73 Å². The largest absolute Gasteiger partial charge is 0.451 e. The molecule has 0 spiro atoms. The van der Waals surface area contributed by atoms with Gasteiger partial charge >= 0.3 is 7.12 Å². The van der Waals surface area contributed by atoms with Crippen LogP contribution < -0.4 is 11.1 Å². The third kappa shape index (κ3) is 11.8. The summed E-state index contributed by atoms with van der Waals surface area (Å²) in [6, 6.07) is 0.192. The molecule has 0 aromatic carbocycles. The highest BCUT2D eigenvalue weighted by Crippen LogP contribution is 2.03. The second-order valence-electron chi connectivity index (χ2n) is 4.08. The van der Waals surface area contributed by atoms with Crippen LogP contribution >= 0.6 is 0 Å². The Balaban J connectivity index is 3.15. The standard InChI is InChI=1S/C10H25BN2O2/c1-2-3-8-13-9-10(12)6-4-5-7-11(14)15/h10,13-15H,2-9,12H2,1H3. The first-order valence-corrected chi connectivity index (χ1v) is 5.99. The van der Waals surface area contributed by atoms with Crippen LogP contribution in [0.15, 0.2) is 0 Å². The fourth-order valence-corrected chi connectivity index (χ4v) is 1.42. The molecule has 0 saturated heterocycles. The molecule has 0 fully saturated rings. The summed E-state index contributed by atoms with van der Waals surface area (Å²) in [5.41, 5.74) is 5.89. The van der Waals surface area contributed by atoms with E-state index in [0.717, 1.165) is 32.4 Å². The number of nitrogens with two attached hydrogens (primary N) is 1. The summed E-state index contributed by atoms with van der Waals surface area (Å²) in [5, 5.41) is 20.6. The molecule has 15 heavy (non-hydrogen) atoms. The van der Waals surface area contributed by atoms with E-state index in [-0.39, 0.29) is 6.04 Å². The fraction of sp³-hybridized carbons (Fsp3) is 1.00. The third-order valence-electron chi connectivity index (χ3n) is 2.40. The minimum atomic E-state index is -1.16. The van der Waals surface area contributed by atoms with Gasteiger partial charge in [-0.05, 0) is 25.7 Å². The molecule has 5 N–H and O–H groups in total. The second kappa shape index (κ2) is 10.4. The van der Waals surface area contributed by atoms with Crippen LogP contribution in [0.2, 0.25) is 6.32 Å². The lowest BCUT2D eigenvalue weighted by Gasteiger charge is -2.12. The molecule has 5 heteroatoms. The third-order valence-corrected chi connectivity index (χ3v) is 2.40. The summed E-state index contributed by atoms with van der Waals surface area (Å²) in [5.74, 6) is 0. The van der Waals surface area contributed by atoms with Gasteiger partial charge in [-0.1, -0.05) is 26.2 Å². The van der Waals surface area contributed by atoms with Gasteiger partial charge in [0.05, 0.1) is 0 Å². The van der Waals surface area contributed by atoms with Crippen molar-refractivity contribution in [2.75, 3.05) is 13.1 Å². The number of hydrogen-bond acceptors (Lipinski definition) is 4. The maximum atomic E-state index is 8.63. The topological polar surface area (TPSA) is 78.5 Å². The maximum Gasteiger partial charge on any atom is 0.451 e. The zero-order valence-electron chi connectivity index (χ0n) is 9.78. The highest BCUT2D eigenvalue weighted by molar-refractivity contribution is 6.40. The van der Waals surface area contributed by atoms with Crippen molar-refractivity contribution in [3.8, 4) is 0 Å². The molecule has 0 saturated carbocycles. The first-order chi connectivity index (χ1) is 7.16. The lowest BCUT2D eigenvalue weighted by molar-refractivity contribution is 0.400. The van der Waals surface area contributed by atoms with Crippen LogP contribution in [-0.2, 0) is 0 Å². The Morgan fingerprint density at radius 2 is 2.00 bits per heavy atom. The van der Waals surface area contributed by atoms with Crippen LogP contribution in [0.3, 0.4) is 0 Å². The molecular weight excluding hydrogens is 191 g/mol. The Morgan fingerprint density at radius 3 is 2.60 bits per heavy atom. The zero-order chi connectivity index (χ0) is 11.5. The molecule has 4 nitrogen and oxygen atoms in total. The van der Waals surface area contributed by atoms with Crippen molar-refractivity contribution >= 4 is 7.12 Å². The van der Waals surface area contributed by atoms with Crippen LogP contribution in [0.1, 0.15) is 39.0 Å². The Bertz CT molecular complexity index is 137. The maximum absolute atomic E-state index is 8.63. The van der Waals surface area contributed by atoms with E-state index in [4.69, 9.17) is 15.8 Å². The van der Waals surface area contributed by atoms with E-state index >= 15 is 0 Å². The van der Waals surface area contributed by atoms with Gasteiger partial charge in [0, 0.05) is 12.6 Å². The number of unbranched alkanes of at least 4 members (excludes halogenated alkanes) is 2. The molecule has 0 aliphatic heterocycles. The first-order valence-electron chi connectivity index (χ1n) is 5.99. The van der Waals surface area contributed by atoms with E-state index in [2.05, 4.69) is 12.2 Å². The zero-order valence-corrected chi connectivity index (χ0v) is 9.78. The minimum absolute atomic E-state index is 0.192. The average molecular weight is 216 g/mol. The van der Waals surface area contributed by atoms with E-state index in [0.29, 0.717) is 6.32 Å². The number of hydrogen-bond donors (Lipinski definition) is 4. The molecule has 0 aromatic rings. The van der Waals surface area contributed by atoms with Gasteiger partial charge in [-0.15, -0.1) is 0 Å². The molecule has 90 valence electrons. The van der Waals surface area contributed by atoms with Gasteiger partial charge in [0.15, 0.2) is 0 Å². The van der Waals surface area contributed by atoms with Crippen LogP contribution in [-0.4, -0.2) is 36.3 Å². The molecule has 0 aromatic heterocycles. The van der Waals surface area contributed by atoms with Crippen molar-refractivity contribution in [2.45, 2.75) is 51.4 Å². The Labute approximate surface area is 93.4 Å². The summed E-state index contributed by atoms with van der Waals surface area (Å²) in [4.78, 5) is 0. The van der Waals surface area contributed by atoms with Gasteiger partial charge in [-0.2, -0.15) is 0 Å². The Hall–Kier alpha value is -0.0951. The Morgan fingerprint density at radius 1 is 1.27 bits per heavy atom. The van der Waals surface area contributed by atoms with Crippen molar-refractivity contribution in [3.05, 3.63) is 0 Å². The van der Waals surface area contributed by atoms with Gasteiger partial charge in [0.1, 0.15) is 0 Å². The molecular formula is C10H25BN2O2. The molecule has 0 heterocycles. The number of rotatable bonds is 10. The van der Waals surface area contributed by atoms with Crippen molar-refractivity contribution in [3.63, 3.8) is 0 Å². The van der Waals surface area contributed by atoms with Gasteiger partial charge in [0.2, 0.25) is 0 Å². The molecule has 0 rings (SSSR count). The van der Waals surface area contributed by atoms with Crippen molar-refractivity contribution in [1.29, 1.82) is 0 Å². The van der Waals surface area contributed by atoms with Crippen LogP contribution in [0.4, 0.5) is 0 Å². The highest BCUT2D eigenvalue weighted by atomic mass is 16.4. The van der Waals surface area contributed by atoms with E-state index in [9.17, 15) is 0 Å². The summed E-state index contributed by atoms with van der Waals surface area (Å²) in [6.07, 6.45) is 5.61. The average Bonchev–Trinajstić information content (AvgIpc) is 2.19. The van der Waals surface area contributed by atoms with Crippen LogP contribution in [0.25, 0.3) is 0 Å². The molecule has 0 bridgehead atoms. The quantitative estimate of drug-likeness (QED) is 0.314. The van der Waals surface area contributed by atoms with Crippen molar-refractivity contribution < 1.29 is 10.0 Å². The summed E-state index contributed by atoms with van der Waals surface area (Å²) < 4.78 is 0. The Kier molecular flexibility index (Phi) is 10.4. The molecule has 1 unspecified atom stereocenters. The number of nitrogens with one attached hydrogen (secondary N) is 1. The van der Waals surface area contributed by atoms with Crippen LogP contribution in [0, 0.1) is 0 Å². The minimum Gasteiger partial charge on any atom is -0.427 e. The summed E-state index contributed by atoms with van der Waals surface area (Å²) in [6.45, 7) is 4.07. The lowest BCUT2D eigenvalue weighted by atomic mass is 9.83. The lowest BCUT2D eigenvalue weighted by Crippen LogP contribution is -2.34. The highest BCUT2D eigenvalue weighted by Gasteiger charge is 2.06. The predicted molar refractivity (Wildman–Crippen MR) is 64.6 cm³/mol. The molecule has 0 amide bonds. The molecule has 0 aliphatic carbocycles. The summed E-state index contributed by atoms with van der Waals surface area (Å²) in [7, 11) is -1.16. The van der Waals surface area contributed by atoms with Crippen LogP contribution in [0.5, 0.6) is 0 Å². The smallest absolute Gasteiger partial charge is 0.427 e. The predicted octanol–water partition coefficient (Wildman–Crippen LogP) is 0.346. The van der Waals surface area contributed by atoms with Crippen molar-refractivity contribution in [1.82, 2.24) is 5.32 Å². The normalized spacial score (nSPS) is 12.8. The summed E-state index contributed by atoms with van der Waals surface area (Å²) >= 11 is 0.